The molecule has 3 rings (SSSR count). The molecule has 0 bridgehead atoms. The van der Waals surface area contributed by atoms with E-state index in [-0.39, 0.29) is 11.8 Å². The first-order chi connectivity index (χ1) is 12.0. The maximum atomic E-state index is 12.7. The lowest BCUT2D eigenvalue weighted by molar-refractivity contribution is -0.121. The minimum atomic E-state index is 0.0681. The van der Waals surface area contributed by atoms with Gasteiger partial charge in [0.15, 0.2) is 0 Å². The third kappa shape index (κ3) is 4.70. The average molecular weight is 336 g/mol. The number of anilines is 1. The summed E-state index contributed by atoms with van der Waals surface area (Å²) in [5, 5.41) is 3.12. The van der Waals surface area contributed by atoms with Crippen molar-refractivity contribution in [3.8, 4) is 0 Å². The minimum Gasteiger partial charge on any atom is -0.326 e. The van der Waals surface area contributed by atoms with E-state index < -0.39 is 0 Å². The fourth-order valence-electron chi connectivity index (χ4n) is 3.73. The van der Waals surface area contributed by atoms with Gasteiger partial charge in [-0.15, -0.1) is 0 Å². The third-order valence-electron chi connectivity index (χ3n) is 5.02. The molecule has 1 N–H and O–H groups in total. The van der Waals surface area contributed by atoms with Gasteiger partial charge in [-0.3, -0.25) is 9.69 Å². The number of nitrogens with zero attached hydrogens (tertiary/aromatic N) is 1. The normalized spacial score (nSPS) is 18.1. The Morgan fingerprint density at radius 2 is 1.84 bits per heavy atom. The number of hydrogen-bond donors (Lipinski definition) is 1. The molecule has 25 heavy (non-hydrogen) atoms. The Bertz CT molecular complexity index is 733. The highest BCUT2D eigenvalue weighted by Crippen LogP contribution is 2.22. The molecule has 1 amide bonds. The van der Waals surface area contributed by atoms with Gasteiger partial charge in [-0.05, 0) is 74.5 Å². The van der Waals surface area contributed by atoms with Crippen molar-refractivity contribution in [3.63, 3.8) is 0 Å². The smallest absolute Gasteiger partial charge is 0.228 e. The van der Waals surface area contributed by atoms with Gasteiger partial charge in [0, 0.05) is 18.8 Å². The molecule has 132 valence electrons. The molecule has 0 aromatic heterocycles. The second-order valence-corrected chi connectivity index (χ2v) is 7.37. The number of rotatable bonds is 4. The van der Waals surface area contributed by atoms with E-state index in [2.05, 4.69) is 61.3 Å². The molecule has 0 saturated carbocycles. The van der Waals surface area contributed by atoms with Gasteiger partial charge in [0.25, 0.3) is 0 Å². The van der Waals surface area contributed by atoms with Crippen molar-refractivity contribution in [2.45, 2.75) is 40.2 Å². The van der Waals surface area contributed by atoms with Crippen LogP contribution in [-0.4, -0.2) is 23.9 Å². The lowest BCUT2D eigenvalue weighted by Crippen LogP contribution is -2.40. The van der Waals surface area contributed by atoms with Gasteiger partial charge in [0.05, 0.1) is 5.92 Å². The number of likely N-dealkylation sites (tertiary alicyclic amines) is 1. The van der Waals surface area contributed by atoms with Gasteiger partial charge >= 0.3 is 0 Å². The maximum Gasteiger partial charge on any atom is 0.228 e. The van der Waals surface area contributed by atoms with E-state index in [4.69, 9.17) is 0 Å². The first-order valence-corrected chi connectivity index (χ1v) is 9.17. The Balaban J connectivity index is 1.62. The third-order valence-corrected chi connectivity index (χ3v) is 5.02. The Hall–Kier alpha value is -2.13. The molecule has 1 aliphatic rings. The second kappa shape index (κ2) is 7.83. The first-order valence-electron chi connectivity index (χ1n) is 9.17. The van der Waals surface area contributed by atoms with Gasteiger partial charge in [-0.1, -0.05) is 30.3 Å². The van der Waals surface area contributed by atoms with Crippen LogP contribution in [0.3, 0.4) is 0 Å². The number of aryl methyl sites for hydroxylation is 3. The summed E-state index contributed by atoms with van der Waals surface area (Å²) >= 11 is 0. The zero-order chi connectivity index (χ0) is 17.8. The fraction of sp³-hybridized carbons (Fsp3) is 0.409. The van der Waals surface area contributed by atoms with Crippen LogP contribution in [0.15, 0.2) is 42.5 Å². The summed E-state index contributed by atoms with van der Waals surface area (Å²) in [7, 11) is 0. The fourth-order valence-corrected chi connectivity index (χ4v) is 3.73. The largest absolute Gasteiger partial charge is 0.326 e. The lowest BCUT2D eigenvalue weighted by Gasteiger charge is -2.32. The lowest BCUT2D eigenvalue weighted by atomic mass is 9.96. The van der Waals surface area contributed by atoms with Crippen LogP contribution >= 0.6 is 0 Å². The van der Waals surface area contributed by atoms with Crippen molar-refractivity contribution in [2.75, 3.05) is 18.4 Å². The van der Waals surface area contributed by atoms with E-state index in [9.17, 15) is 4.79 Å². The summed E-state index contributed by atoms with van der Waals surface area (Å²) in [5.74, 6) is 0.220. The first kappa shape index (κ1) is 17.7. The highest BCUT2D eigenvalue weighted by atomic mass is 16.1. The standard InChI is InChI=1S/C22H28N2O/c1-16-11-17(2)13-21(12-16)23-22(25)20-9-6-10-24(15-20)14-19-8-5-4-7-18(19)3/h4-5,7-8,11-13,20H,6,9-10,14-15H2,1-3H3,(H,23,25). The molecular weight excluding hydrogens is 308 g/mol. The maximum absolute atomic E-state index is 12.7. The molecule has 2 aromatic rings. The van der Waals surface area contributed by atoms with Crippen LogP contribution in [0.1, 0.15) is 35.1 Å². The molecule has 0 spiro atoms. The van der Waals surface area contributed by atoms with Crippen molar-refractivity contribution in [1.82, 2.24) is 4.90 Å². The van der Waals surface area contributed by atoms with Crippen LogP contribution in [0.2, 0.25) is 0 Å². The summed E-state index contributed by atoms with van der Waals surface area (Å²) in [6.07, 6.45) is 2.05. The molecule has 1 unspecified atom stereocenters. The van der Waals surface area contributed by atoms with E-state index in [0.29, 0.717) is 0 Å². The molecule has 1 fully saturated rings. The highest BCUT2D eigenvalue weighted by Gasteiger charge is 2.26. The van der Waals surface area contributed by atoms with Gasteiger partial charge in [0.2, 0.25) is 5.91 Å². The quantitative estimate of drug-likeness (QED) is 0.894. The van der Waals surface area contributed by atoms with Gasteiger partial charge in [0.1, 0.15) is 0 Å². The topological polar surface area (TPSA) is 32.3 Å². The molecule has 1 atom stereocenters. The minimum absolute atomic E-state index is 0.0681. The summed E-state index contributed by atoms with van der Waals surface area (Å²) in [6.45, 7) is 9.12. The van der Waals surface area contributed by atoms with E-state index in [1.165, 1.54) is 22.3 Å². The van der Waals surface area contributed by atoms with Gasteiger partial charge in [-0.2, -0.15) is 0 Å². The van der Waals surface area contributed by atoms with Crippen LogP contribution in [0.4, 0.5) is 5.69 Å². The molecular formula is C22H28N2O. The molecule has 1 aliphatic heterocycles. The van der Waals surface area contributed by atoms with E-state index in [0.717, 1.165) is 38.2 Å². The predicted molar refractivity (Wildman–Crippen MR) is 104 cm³/mol. The second-order valence-electron chi connectivity index (χ2n) is 7.37. The summed E-state index contributed by atoms with van der Waals surface area (Å²) in [4.78, 5) is 15.1. The number of carbonyl (C=O) groups excluding carboxylic acids is 1. The van der Waals surface area contributed by atoms with Crippen molar-refractivity contribution >= 4 is 11.6 Å². The Morgan fingerprint density at radius 1 is 1.12 bits per heavy atom. The number of amides is 1. The van der Waals surface area contributed by atoms with E-state index >= 15 is 0 Å². The summed E-state index contributed by atoms with van der Waals surface area (Å²) in [5.41, 5.74) is 5.96. The van der Waals surface area contributed by atoms with Crippen LogP contribution in [-0.2, 0) is 11.3 Å². The summed E-state index contributed by atoms with van der Waals surface area (Å²) < 4.78 is 0. The molecule has 0 radical (unpaired) electrons. The van der Waals surface area contributed by atoms with Gasteiger partial charge in [-0.25, -0.2) is 0 Å². The number of hydrogen-bond acceptors (Lipinski definition) is 2. The van der Waals surface area contributed by atoms with Crippen molar-refractivity contribution in [3.05, 3.63) is 64.7 Å². The number of benzene rings is 2. The van der Waals surface area contributed by atoms with Gasteiger partial charge < -0.3 is 5.32 Å². The molecule has 0 aliphatic carbocycles. The molecule has 1 heterocycles. The molecule has 3 nitrogen and oxygen atoms in total. The van der Waals surface area contributed by atoms with E-state index in [1.54, 1.807) is 0 Å². The predicted octanol–water partition coefficient (Wildman–Crippen LogP) is 4.46. The number of piperidine rings is 1. The SMILES string of the molecule is Cc1cc(C)cc(NC(=O)C2CCCN(Cc3ccccc3C)C2)c1. The Kier molecular flexibility index (Phi) is 5.54. The molecule has 1 saturated heterocycles. The van der Waals surface area contributed by atoms with E-state index in [1.807, 2.05) is 12.1 Å². The summed E-state index contributed by atoms with van der Waals surface area (Å²) in [6, 6.07) is 14.7. The zero-order valence-corrected chi connectivity index (χ0v) is 15.5. The van der Waals surface area contributed by atoms with Crippen LogP contribution < -0.4 is 5.32 Å². The van der Waals surface area contributed by atoms with Crippen LogP contribution in [0.25, 0.3) is 0 Å². The van der Waals surface area contributed by atoms with Crippen LogP contribution in [0.5, 0.6) is 0 Å². The molecule has 2 aromatic carbocycles. The monoisotopic (exact) mass is 336 g/mol. The van der Waals surface area contributed by atoms with Crippen LogP contribution in [0, 0.1) is 26.7 Å². The molecule has 3 heteroatoms. The van der Waals surface area contributed by atoms with Crippen molar-refractivity contribution in [1.29, 1.82) is 0 Å². The number of nitrogens with one attached hydrogen (secondary N) is 1. The van der Waals surface area contributed by atoms with Crippen molar-refractivity contribution in [2.24, 2.45) is 5.92 Å². The zero-order valence-electron chi connectivity index (χ0n) is 15.5. The number of carbonyl (C=O) groups is 1. The van der Waals surface area contributed by atoms with Crippen molar-refractivity contribution < 1.29 is 4.79 Å². The highest BCUT2D eigenvalue weighted by molar-refractivity contribution is 5.92. The average Bonchev–Trinajstić information content (AvgIpc) is 2.56. The Morgan fingerprint density at radius 3 is 2.56 bits per heavy atom. The Labute approximate surface area is 151 Å².